The van der Waals surface area contributed by atoms with E-state index in [0.717, 1.165) is 51.7 Å². The van der Waals surface area contributed by atoms with Crippen LogP contribution in [0.4, 0.5) is 0 Å². The van der Waals surface area contributed by atoms with Crippen LogP contribution in [-0.2, 0) is 38.1 Å². The zero-order valence-corrected chi connectivity index (χ0v) is 36.9. The minimum absolute atomic E-state index is 0.0193. The maximum Gasteiger partial charge on any atom is 0.336 e. The van der Waals surface area contributed by atoms with Crippen LogP contribution >= 0.6 is 0 Å². The summed E-state index contributed by atoms with van der Waals surface area (Å²) in [7, 11) is 0. The Kier molecular flexibility index (Phi) is 23.8. The first-order chi connectivity index (χ1) is 26.8. The van der Waals surface area contributed by atoms with Crippen molar-refractivity contribution < 1.29 is 43.2 Å². The summed E-state index contributed by atoms with van der Waals surface area (Å²) < 4.78 is 23.1. The van der Waals surface area contributed by atoms with Gasteiger partial charge in [0.2, 0.25) is 0 Å². The number of carboxylic acid groups (broad SMARTS) is 1. The van der Waals surface area contributed by atoms with E-state index < -0.39 is 52.4 Å². The van der Waals surface area contributed by atoms with E-state index in [1.54, 1.807) is 6.92 Å². The number of rotatable bonds is 33. The van der Waals surface area contributed by atoms with Crippen LogP contribution in [0.1, 0.15) is 209 Å². The minimum atomic E-state index is -2.77. The SMILES string of the molecule is CCCCCCCCCCCCCOC(=O)C(C(=O)OCCCCCCCCCCCCC)(C(=O)OC1CC(C)(C)N(CC2CO2)C(C)(C)C1)C(CC)C(=O)O. The molecule has 326 valence electrons. The largest absolute Gasteiger partial charge is 0.481 e. The number of unbranched alkanes of at least 4 members (excludes halogenated alkanes) is 20. The summed E-state index contributed by atoms with van der Waals surface area (Å²) in [5, 5.41) is 10.5. The van der Waals surface area contributed by atoms with Gasteiger partial charge in [-0.3, -0.25) is 24.1 Å². The highest BCUT2D eigenvalue weighted by Gasteiger charge is 2.65. The highest BCUT2D eigenvalue weighted by molar-refractivity contribution is 6.20. The molecule has 0 amide bonds. The molecule has 56 heavy (non-hydrogen) atoms. The van der Waals surface area contributed by atoms with Crippen molar-refractivity contribution in [3.8, 4) is 0 Å². The van der Waals surface area contributed by atoms with Crippen LogP contribution in [0, 0.1) is 11.3 Å². The Balaban J connectivity index is 2.13. The van der Waals surface area contributed by atoms with Crippen LogP contribution in [0.25, 0.3) is 0 Å². The summed E-state index contributed by atoms with van der Waals surface area (Å²) in [5.41, 5.74) is -3.57. The smallest absolute Gasteiger partial charge is 0.336 e. The van der Waals surface area contributed by atoms with E-state index in [4.69, 9.17) is 18.9 Å². The van der Waals surface area contributed by atoms with Crippen LogP contribution in [0.5, 0.6) is 0 Å². The Labute approximate surface area is 341 Å². The molecule has 2 aliphatic rings. The van der Waals surface area contributed by atoms with Crippen LogP contribution < -0.4 is 0 Å². The standard InChI is InChI=1S/C46H83NO9/c1-8-11-13-15-17-19-21-23-25-27-29-31-53-41(50)46(39(10-3)40(48)49,42(51)54-32-30-28-26-24-22-20-18-16-14-12-9-2)43(52)56-37-33-44(4,5)47(35-38-36-55-38)45(6,7)34-37/h37-39H,8-36H2,1-7H3,(H,48,49). The van der Waals surface area contributed by atoms with E-state index in [1.165, 1.54) is 89.9 Å². The molecule has 2 unspecified atom stereocenters. The molecule has 0 aromatic heterocycles. The number of ether oxygens (including phenoxy) is 4. The normalized spacial score (nSPS) is 18.7. The molecular formula is C46H83NO9. The van der Waals surface area contributed by atoms with Gasteiger partial charge in [0.05, 0.1) is 31.8 Å². The Morgan fingerprint density at radius 1 is 0.625 bits per heavy atom. The van der Waals surface area contributed by atoms with Gasteiger partial charge in [-0.2, -0.15) is 0 Å². The maximum atomic E-state index is 14.5. The van der Waals surface area contributed by atoms with Crippen LogP contribution in [0.2, 0.25) is 0 Å². The van der Waals surface area contributed by atoms with Crippen molar-refractivity contribution >= 4 is 23.9 Å². The lowest BCUT2D eigenvalue weighted by Crippen LogP contribution is -2.64. The summed E-state index contributed by atoms with van der Waals surface area (Å²) in [5.74, 6) is -6.71. The van der Waals surface area contributed by atoms with Gasteiger partial charge < -0.3 is 24.1 Å². The van der Waals surface area contributed by atoms with E-state index >= 15 is 0 Å². The van der Waals surface area contributed by atoms with Crippen molar-refractivity contribution in [2.75, 3.05) is 26.4 Å². The Hall–Kier alpha value is -2.20. The van der Waals surface area contributed by atoms with Crippen molar-refractivity contribution in [1.29, 1.82) is 0 Å². The zero-order valence-electron chi connectivity index (χ0n) is 36.9. The van der Waals surface area contributed by atoms with Crippen molar-refractivity contribution in [2.45, 2.75) is 232 Å². The summed E-state index contributed by atoms with van der Waals surface area (Å²) in [4.78, 5) is 58.2. The molecule has 0 aliphatic carbocycles. The van der Waals surface area contributed by atoms with Crippen molar-refractivity contribution in [2.24, 2.45) is 11.3 Å². The predicted molar refractivity (Wildman–Crippen MR) is 222 cm³/mol. The molecule has 10 heteroatoms. The molecule has 2 rings (SSSR count). The fourth-order valence-corrected chi connectivity index (χ4v) is 8.86. The Morgan fingerprint density at radius 3 is 1.30 bits per heavy atom. The lowest BCUT2D eigenvalue weighted by Gasteiger charge is -2.55. The number of carbonyl (C=O) groups excluding carboxylic acids is 3. The fourth-order valence-electron chi connectivity index (χ4n) is 8.86. The number of piperidine rings is 1. The van der Waals surface area contributed by atoms with Gasteiger partial charge in [-0.05, 0) is 47.0 Å². The zero-order chi connectivity index (χ0) is 41.5. The third-order valence-corrected chi connectivity index (χ3v) is 12.1. The molecule has 0 radical (unpaired) electrons. The lowest BCUT2D eigenvalue weighted by atomic mass is 9.73. The van der Waals surface area contributed by atoms with Gasteiger partial charge in [-0.25, -0.2) is 0 Å². The Morgan fingerprint density at radius 2 is 0.982 bits per heavy atom. The maximum absolute atomic E-state index is 14.5. The first-order valence-electron chi connectivity index (χ1n) is 23.0. The number of carbonyl (C=O) groups is 4. The molecular weight excluding hydrogens is 711 g/mol. The van der Waals surface area contributed by atoms with Crippen LogP contribution in [0.3, 0.4) is 0 Å². The van der Waals surface area contributed by atoms with Crippen molar-refractivity contribution in [1.82, 2.24) is 4.90 Å². The van der Waals surface area contributed by atoms with Crippen molar-refractivity contribution in [3.63, 3.8) is 0 Å². The molecule has 0 aromatic rings. The first kappa shape index (κ1) is 49.9. The molecule has 0 spiro atoms. The molecule has 1 N–H and O–H groups in total. The van der Waals surface area contributed by atoms with E-state index in [1.807, 2.05) is 0 Å². The van der Waals surface area contributed by atoms with Gasteiger partial charge in [-0.1, -0.05) is 149 Å². The molecule has 2 saturated heterocycles. The number of hydrogen-bond acceptors (Lipinski definition) is 9. The van der Waals surface area contributed by atoms with Crippen molar-refractivity contribution in [3.05, 3.63) is 0 Å². The number of likely N-dealkylation sites (tertiary alicyclic amines) is 1. The van der Waals surface area contributed by atoms with Gasteiger partial charge in [0, 0.05) is 30.5 Å². The van der Waals surface area contributed by atoms with Gasteiger partial charge >= 0.3 is 23.9 Å². The molecule has 2 atom stereocenters. The minimum Gasteiger partial charge on any atom is -0.481 e. The van der Waals surface area contributed by atoms with E-state index in [2.05, 4.69) is 46.4 Å². The second kappa shape index (κ2) is 26.7. The third-order valence-electron chi connectivity index (χ3n) is 12.1. The van der Waals surface area contributed by atoms with Crippen LogP contribution in [-0.4, -0.2) is 83.5 Å². The summed E-state index contributed by atoms with van der Waals surface area (Å²) in [6.45, 7) is 15.8. The van der Waals surface area contributed by atoms with E-state index in [0.29, 0.717) is 25.7 Å². The lowest BCUT2D eigenvalue weighted by molar-refractivity contribution is -0.199. The average molecular weight is 794 g/mol. The van der Waals surface area contributed by atoms with Crippen LogP contribution in [0.15, 0.2) is 0 Å². The number of carboxylic acids is 1. The molecule has 2 heterocycles. The highest BCUT2D eigenvalue weighted by Crippen LogP contribution is 2.43. The summed E-state index contributed by atoms with van der Waals surface area (Å²) in [6, 6.07) is 0. The highest BCUT2D eigenvalue weighted by atomic mass is 16.6. The quantitative estimate of drug-likeness (QED) is 0.0225. The molecule has 0 bridgehead atoms. The number of aliphatic carboxylic acids is 1. The third kappa shape index (κ3) is 17.0. The molecule has 0 aromatic carbocycles. The summed E-state index contributed by atoms with van der Waals surface area (Å²) >= 11 is 0. The number of nitrogens with zero attached hydrogens (tertiary/aromatic N) is 1. The monoisotopic (exact) mass is 794 g/mol. The topological polar surface area (TPSA) is 132 Å². The fraction of sp³-hybridized carbons (Fsp3) is 0.913. The van der Waals surface area contributed by atoms with Gasteiger partial charge in [0.25, 0.3) is 5.41 Å². The van der Waals surface area contributed by atoms with E-state index in [-0.39, 0.29) is 25.7 Å². The number of esters is 3. The second-order valence-corrected chi connectivity index (χ2v) is 18.1. The molecule has 0 saturated carbocycles. The average Bonchev–Trinajstić information content (AvgIpc) is 3.97. The van der Waals surface area contributed by atoms with Gasteiger partial charge in [0.15, 0.2) is 0 Å². The molecule has 2 aliphatic heterocycles. The second-order valence-electron chi connectivity index (χ2n) is 18.1. The van der Waals surface area contributed by atoms with Gasteiger partial charge in [0.1, 0.15) is 6.10 Å². The van der Waals surface area contributed by atoms with Gasteiger partial charge in [-0.15, -0.1) is 0 Å². The van der Waals surface area contributed by atoms with E-state index in [9.17, 15) is 24.3 Å². The summed E-state index contributed by atoms with van der Waals surface area (Å²) in [6.07, 6.45) is 24.7. The molecule has 10 nitrogen and oxygen atoms in total. The Bertz CT molecular complexity index is 1080. The number of epoxide rings is 1. The first-order valence-corrected chi connectivity index (χ1v) is 23.0. The predicted octanol–water partition coefficient (Wildman–Crippen LogP) is 10.8. The molecule has 2 fully saturated rings. The number of hydrogen-bond donors (Lipinski definition) is 1.